The Kier molecular flexibility index (Phi) is 7.13. The van der Waals surface area contributed by atoms with E-state index >= 15 is 0 Å². The zero-order chi connectivity index (χ0) is 16.9. The highest BCUT2D eigenvalue weighted by atomic mass is 79.9. The number of ether oxygens (including phenoxy) is 1. The minimum atomic E-state index is -0.805. The van der Waals surface area contributed by atoms with Crippen molar-refractivity contribution in [3.63, 3.8) is 0 Å². The highest BCUT2D eigenvalue weighted by Gasteiger charge is 2.19. The normalized spacial score (nSPS) is 13.0. The average molecular weight is 409 g/mol. The van der Waals surface area contributed by atoms with Crippen LogP contribution in [0.25, 0.3) is 0 Å². The summed E-state index contributed by atoms with van der Waals surface area (Å²) < 4.78 is 19.7. The smallest absolute Gasteiger partial charge is 0.340 e. The number of benzene rings is 1. The lowest BCUT2D eigenvalue weighted by Gasteiger charge is -2.14. The molecular formula is C15H13BrCl2FNO2. The van der Waals surface area contributed by atoms with E-state index in [4.69, 9.17) is 23.2 Å². The van der Waals surface area contributed by atoms with Crippen molar-refractivity contribution in [2.24, 2.45) is 0 Å². The Labute approximate surface area is 146 Å². The molecule has 0 aliphatic carbocycles. The van der Waals surface area contributed by atoms with Gasteiger partial charge in [-0.3, -0.25) is 0 Å². The maximum absolute atomic E-state index is 14.3. The molecule has 0 radical (unpaired) electrons. The standard InChI is InChI=1S/C15H13BrCl2FNO2/c1-4-10(15(21)22-3)14(13(19)8(2)17)20-12-6-5-9(16)7-11(12)18/h4-7,20H,1H2,2-3H3/b13-8-,14-10-. The van der Waals surface area contributed by atoms with Crippen molar-refractivity contribution in [1.29, 1.82) is 0 Å². The van der Waals surface area contributed by atoms with Gasteiger partial charge in [0.25, 0.3) is 0 Å². The van der Waals surface area contributed by atoms with Crippen molar-refractivity contribution in [3.05, 3.63) is 62.5 Å². The van der Waals surface area contributed by atoms with Crippen LogP contribution in [-0.2, 0) is 9.53 Å². The number of hydrogen-bond donors (Lipinski definition) is 1. The quantitative estimate of drug-likeness (QED) is 0.393. The Morgan fingerprint density at radius 1 is 1.50 bits per heavy atom. The van der Waals surface area contributed by atoms with Crippen LogP contribution in [0.4, 0.5) is 10.1 Å². The number of esters is 1. The van der Waals surface area contributed by atoms with Crippen LogP contribution in [-0.4, -0.2) is 13.1 Å². The maximum Gasteiger partial charge on any atom is 0.340 e. The molecule has 0 unspecified atom stereocenters. The number of halogens is 4. The van der Waals surface area contributed by atoms with Crippen LogP contribution in [0.5, 0.6) is 0 Å². The lowest BCUT2D eigenvalue weighted by Crippen LogP contribution is -2.12. The molecule has 0 spiro atoms. The molecule has 0 fully saturated rings. The van der Waals surface area contributed by atoms with E-state index in [0.29, 0.717) is 10.7 Å². The first kappa shape index (κ1) is 18.7. The molecular weight excluding hydrogens is 396 g/mol. The van der Waals surface area contributed by atoms with Gasteiger partial charge >= 0.3 is 5.97 Å². The number of methoxy groups -OCH3 is 1. The van der Waals surface area contributed by atoms with Gasteiger partial charge in [0, 0.05) is 4.47 Å². The minimum Gasteiger partial charge on any atom is -0.465 e. The molecule has 0 amide bonds. The molecule has 0 aliphatic heterocycles. The summed E-state index contributed by atoms with van der Waals surface area (Å²) in [5.74, 6) is -1.56. The summed E-state index contributed by atoms with van der Waals surface area (Å²) in [5.41, 5.74) is 0.133. The Balaban J connectivity index is 3.46. The number of hydrogen-bond acceptors (Lipinski definition) is 3. The molecule has 1 aromatic carbocycles. The van der Waals surface area contributed by atoms with E-state index in [1.807, 2.05) is 0 Å². The van der Waals surface area contributed by atoms with Crippen molar-refractivity contribution in [2.75, 3.05) is 12.4 Å². The maximum atomic E-state index is 14.3. The van der Waals surface area contributed by atoms with E-state index in [1.165, 1.54) is 20.1 Å². The topological polar surface area (TPSA) is 38.3 Å². The van der Waals surface area contributed by atoms with Crippen LogP contribution in [0.1, 0.15) is 6.92 Å². The van der Waals surface area contributed by atoms with E-state index in [0.717, 1.165) is 4.47 Å². The highest BCUT2D eigenvalue weighted by Crippen LogP contribution is 2.31. The summed E-state index contributed by atoms with van der Waals surface area (Å²) in [6.45, 7) is 4.86. The molecule has 0 saturated carbocycles. The SMILES string of the molecule is C=C/C(C(=O)OC)=C(Nc1ccc(Br)cc1Cl)\C(F)=C(/C)Cl. The molecule has 0 atom stereocenters. The largest absolute Gasteiger partial charge is 0.465 e. The molecule has 7 heteroatoms. The van der Waals surface area contributed by atoms with Gasteiger partial charge in [-0.2, -0.15) is 0 Å². The number of allylic oxidation sites excluding steroid dienone is 2. The predicted octanol–water partition coefficient (Wildman–Crippen LogP) is 5.57. The van der Waals surface area contributed by atoms with Gasteiger partial charge in [0.05, 0.1) is 34.1 Å². The third-order valence-corrected chi connectivity index (χ3v) is 3.56. The molecule has 118 valence electrons. The van der Waals surface area contributed by atoms with E-state index in [9.17, 15) is 9.18 Å². The summed E-state index contributed by atoms with van der Waals surface area (Å²) >= 11 is 15.1. The van der Waals surface area contributed by atoms with E-state index in [-0.39, 0.29) is 16.3 Å². The van der Waals surface area contributed by atoms with Crippen LogP contribution in [0.2, 0.25) is 5.02 Å². The van der Waals surface area contributed by atoms with Crippen molar-refractivity contribution in [3.8, 4) is 0 Å². The second-order valence-corrected chi connectivity index (χ2v) is 5.97. The Bertz CT molecular complexity index is 668. The van der Waals surface area contributed by atoms with Gasteiger partial charge in [-0.1, -0.05) is 51.8 Å². The first-order valence-corrected chi connectivity index (χ1v) is 7.56. The first-order chi connectivity index (χ1) is 10.3. The molecule has 0 aromatic heterocycles. The highest BCUT2D eigenvalue weighted by molar-refractivity contribution is 9.10. The first-order valence-electron chi connectivity index (χ1n) is 6.01. The summed E-state index contributed by atoms with van der Waals surface area (Å²) in [6.07, 6.45) is 1.18. The zero-order valence-corrected chi connectivity index (χ0v) is 14.9. The van der Waals surface area contributed by atoms with Crippen molar-refractivity contribution >= 4 is 50.8 Å². The molecule has 0 bridgehead atoms. The molecule has 0 heterocycles. The summed E-state index contributed by atoms with van der Waals surface area (Å²) in [4.78, 5) is 11.8. The minimum absolute atomic E-state index is 0.0982. The monoisotopic (exact) mass is 407 g/mol. The fourth-order valence-electron chi connectivity index (χ4n) is 1.54. The lowest BCUT2D eigenvalue weighted by atomic mass is 10.1. The van der Waals surface area contributed by atoms with Crippen molar-refractivity contribution in [2.45, 2.75) is 6.92 Å². The van der Waals surface area contributed by atoms with Crippen LogP contribution in [0, 0.1) is 0 Å². The Morgan fingerprint density at radius 2 is 2.14 bits per heavy atom. The van der Waals surface area contributed by atoms with Gasteiger partial charge in [-0.05, 0) is 25.1 Å². The number of anilines is 1. The van der Waals surface area contributed by atoms with E-state index < -0.39 is 11.8 Å². The fourth-order valence-corrected chi connectivity index (χ4v) is 2.35. The van der Waals surface area contributed by atoms with Gasteiger partial charge in [-0.15, -0.1) is 0 Å². The Hall–Kier alpha value is -1.30. The second-order valence-electron chi connectivity index (χ2n) is 4.08. The van der Waals surface area contributed by atoms with Crippen LogP contribution >= 0.6 is 39.1 Å². The molecule has 1 aromatic rings. The summed E-state index contributed by atoms with van der Waals surface area (Å²) in [5, 5.41) is 2.97. The Morgan fingerprint density at radius 3 is 2.59 bits per heavy atom. The molecule has 22 heavy (non-hydrogen) atoms. The lowest BCUT2D eigenvalue weighted by molar-refractivity contribution is -0.135. The number of rotatable bonds is 5. The average Bonchev–Trinajstić information content (AvgIpc) is 2.47. The third-order valence-electron chi connectivity index (χ3n) is 2.59. The third kappa shape index (κ3) is 4.60. The van der Waals surface area contributed by atoms with Crippen LogP contribution < -0.4 is 5.32 Å². The molecule has 0 saturated heterocycles. The fraction of sp³-hybridized carbons (Fsp3) is 0.133. The van der Waals surface area contributed by atoms with Gasteiger partial charge in [0.15, 0.2) is 5.83 Å². The number of carbonyl (C=O) groups is 1. The second kappa shape index (κ2) is 8.36. The number of nitrogens with one attached hydrogen (secondary N) is 1. The van der Waals surface area contributed by atoms with Crippen LogP contribution in [0.15, 0.2) is 57.5 Å². The van der Waals surface area contributed by atoms with Gasteiger partial charge in [-0.25, -0.2) is 9.18 Å². The zero-order valence-electron chi connectivity index (χ0n) is 11.8. The molecule has 0 aliphatic rings. The van der Waals surface area contributed by atoms with E-state index in [1.54, 1.807) is 18.2 Å². The summed E-state index contributed by atoms with van der Waals surface area (Å²) in [6, 6.07) is 4.97. The predicted molar refractivity (Wildman–Crippen MR) is 91.7 cm³/mol. The molecule has 1 N–H and O–H groups in total. The van der Waals surface area contributed by atoms with Crippen molar-refractivity contribution < 1.29 is 13.9 Å². The van der Waals surface area contributed by atoms with Crippen LogP contribution in [0.3, 0.4) is 0 Å². The van der Waals surface area contributed by atoms with Crippen molar-refractivity contribution in [1.82, 2.24) is 0 Å². The van der Waals surface area contributed by atoms with Gasteiger partial charge in [0.2, 0.25) is 0 Å². The van der Waals surface area contributed by atoms with Gasteiger partial charge < -0.3 is 10.1 Å². The number of carbonyl (C=O) groups excluding carboxylic acids is 1. The summed E-state index contributed by atoms with van der Waals surface area (Å²) in [7, 11) is 1.19. The molecule has 3 nitrogen and oxygen atoms in total. The van der Waals surface area contributed by atoms with E-state index in [2.05, 4.69) is 32.6 Å². The van der Waals surface area contributed by atoms with Gasteiger partial charge in [0.1, 0.15) is 0 Å². The molecule has 1 rings (SSSR count).